The van der Waals surface area contributed by atoms with Crippen LogP contribution in [0.15, 0.2) is 18.2 Å². The monoisotopic (exact) mass is 236 g/mol. The molecule has 0 N–H and O–H groups in total. The van der Waals surface area contributed by atoms with Gasteiger partial charge >= 0.3 is 5.97 Å². The molecule has 1 unspecified atom stereocenters. The molecule has 0 fully saturated rings. The number of rotatable bonds is 3. The van der Waals surface area contributed by atoms with Gasteiger partial charge in [0.2, 0.25) is 6.79 Å². The fraction of sp³-hybridized carbons (Fsp3) is 0.333. The van der Waals surface area contributed by atoms with Gasteiger partial charge in [0, 0.05) is 5.56 Å². The van der Waals surface area contributed by atoms with Crippen LogP contribution in [-0.2, 0) is 9.53 Å². The van der Waals surface area contributed by atoms with E-state index in [-0.39, 0.29) is 12.6 Å². The van der Waals surface area contributed by atoms with Gasteiger partial charge in [-0.3, -0.25) is 9.59 Å². The molecular formula is C12H12O5. The van der Waals surface area contributed by atoms with Crippen LogP contribution < -0.4 is 9.47 Å². The van der Waals surface area contributed by atoms with Crippen LogP contribution in [0.4, 0.5) is 0 Å². The van der Waals surface area contributed by atoms with Gasteiger partial charge in [-0.2, -0.15) is 0 Å². The Bertz CT molecular complexity index is 466. The minimum Gasteiger partial charge on any atom is -0.468 e. The summed E-state index contributed by atoms with van der Waals surface area (Å²) < 4.78 is 14.8. The van der Waals surface area contributed by atoms with Gasteiger partial charge in [-0.25, -0.2) is 0 Å². The SMILES string of the molecule is COC(=O)C(C)C(=O)c1ccc2c(c1)OCO2. The molecule has 0 aliphatic carbocycles. The number of hydrogen-bond acceptors (Lipinski definition) is 5. The smallest absolute Gasteiger partial charge is 0.316 e. The Kier molecular flexibility index (Phi) is 2.99. The minimum atomic E-state index is -0.819. The maximum atomic E-state index is 11.9. The number of methoxy groups -OCH3 is 1. The minimum absolute atomic E-state index is 0.152. The van der Waals surface area contributed by atoms with Crippen LogP contribution in [0.3, 0.4) is 0 Å². The van der Waals surface area contributed by atoms with E-state index in [2.05, 4.69) is 4.74 Å². The Morgan fingerprint density at radius 2 is 2.00 bits per heavy atom. The number of ketones is 1. The number of fused-ring (bicyclic) bond motifs is 1. The number of Topliss-reactive ketones (excluding diaryl/α,β-unsaturated/α-hetero) is 1. The molecule has 0 aromatic heterocycles. The molecular weight excluding hydrogens is 224 g/mol. The zero-order chi connectivity index (χ0) is 12.4. The van der Waals surface area contributed by atoms with Gasteiger partial charge in [0.15, 0.2) is 17.3 Å². The molecule has 0 spiro atoms. The summed E-state index contributed by atoms with van der Waals surface area (Å²) in [5.41, 5.74) is 0.409. The molecule has 5 nitrogen and oxygen atoms in total. The van der Waals surface area contributed by atoms with E-state index < -0.39 is 11.9 Å². The Hall–Kier alpha value is -2.04. The molecule has 1 aliphatic rings. The summed E-state index contributed by atoms with van der Waals surface area (Å²) in [6.45, 7) is 1.66. The van der Waals surface area contributed by atoms with E-state index in [1.54, 1.807) is 18.2 Å². The first-order chi connectivity index (χ1) is 8.13. The largest absolute Gasteiger partial charge is 0.468 e. The molecule has 1 atom stereocenters. The topological polar surface area (TPSA) is 61.8 Å². The first-order valence-electron chi connectivity index (χ1n) is 5.15. The number of benzene rings is 1. The first-order valence-corrected chi connectivity index (χ1v) is 5.15. The fourth-order valence-corrected chi connectivity index (χ4v) is 1.58. The van der Waals surface area contributed by atoms with Gasteiger partial charge < -0.3 is 14.2 Å². The van der Waals surface area contributed by atoms with Crippen LogP contribution in [0.2, 0.25) is 0 Å². The van der Waals surface area contributed by atoms with Crippen molar-refractivity contribution in [3.8, 4) is 11.5 Å². The molecule has 5 heteroatoms. The molecule has 1 aromatic carbocycles. The quantitative estimate of drug-likeness (QED) is 0.451. The van der Waals surface area contributed by atoms with Crippen LogP contribution in [0.1, 0.15) is 17.3 Å². The van der Waals surface area contributed by atoms with Gasteiger partial charge in [0.25, 0.3) is 0 Å². The third kappa shape index (κ3) is 2.08. The van der Waals surface area contributed by atoms with Gasteiger partial charge in [0.1, 0.15) is 5.92 Å². The zero-order valence-corrected chi connectivity index (χ0v) is 9.56. The summed E-state index contributed by atoms with van der Waals surface area (Å²) in [6, 6.07) is 4.83. The van der Waals surface area contributed by atoms with Crippen molar-refractivity contribution in [2.45, 2.75) is 6.92 Å². The second-order valence-electron chi connectivity index (χ2n) is 3.68. The van der Waals surface area contributed by atoms with Crippen LogP contribution in [0, 0.1) is 5.92 Å². The average Bonchev–Trinajstić information content (AvgIpc) is 2.83. The summed E-state index contributed by atoms with van der Waals surface area (Å²) in [5.74, 6) is -0.539. The summed E-state index contributed by atoms with van der Waals surface area (Å²) in [7, 11) is 1.26. The lowest BCUT2D eigenvalue weighted by molar-refractivity contribution is -0.143. The van der Waals surface area contributed by atoms with Crippen molar-refractivity contribution in [2.75, 3.05) is 13.9 Å². The lowest BCUT2D eigenvalue weighted by Gasteiger charge is -2.08. The summed E-state index contributed by atoms with van der Waals surface area (Å²) >= 11 is 0. The van der Waals surface area contributed by atoms with Crippen molar-refractivity contribution in [1.82, 2.24) is 0 Å². The molecule has 1 aromatic rings. The number of hydrogen-bond donors (Lipinski definition) is 0. The number of carbonyl (C=O) groups is 2. The molecule has 1 heterocycles. The summed E-state index contributed by atoms with van der Waals surface area (Å²) in [6.07, 6.45) is 0. The van der Waals surface area contributed by atoms with Crippen molar-refractivity contribution in [3.63, 3.8) is 0 Å². The van der Waals surface area contributed by atoms with Crippen LogP contribution >= 0.6 is 0 Å². The molecule has 2 rings (SSSR count). The zero-order valence-electron chi connectivity index (χ0n) is 9.56. The molecule has 0 amide bonds. The lowest BCUT2D eigenvalue weighted by Crippen LogP contribution is -2.22. The van der Waals surface area contributed by atoms with Crippen molar-refractivity contribution in [1.29, 1.82) is 0 Å². The van der Waals surface area contributed by atoms with Crippen LogP contribution in [-0.4, -0.2) is 25.7 Å². The normalized spacial score (nSPS) is 14.2. The van der Waals surface area contributed by atoms with E-state index in [1.165, 1.54) is 14.0 Å². The standard InChI is InChI=1S/C12H12O5/c1-7(12(14)15-2)11(13)8-3-4-9-10(5-8)17-6-16-9/h3-5,7H,6H2,1-2H3. The average molecular weight is 236 g/mol. The highest BCUT2D eigenvalue weighted by Crippen LogP contribution is 2.33. The summed E-state index contributed by atoms with van der Waals surface area (Å²) in [4.78, 5) is 23.2. The highest BCUT2D eigenvalue weighted by Gasteiger charge is 2.25. The molecule has 0 saturated heterocycles. The van der Waals surface area contributed by atoms with E-state index >= 15 is 0 Å². The number of carbonyl (C=O) groups excluding carboxylic acids is 2. The molecule has 90 valence electrons. The summed E-state index contributed by atoms with van der Waals surface area (Å²) in [5, 5.41) is 0. The van der Waals surface area contributed by atoms with Crippen molar-refractivity contribution in [2.24, 2.45) is 5.92 Å². The predicted octanol–water partition coefficient (Wildman–Crippen LogP) is 1.41. The van der Waals surface area contributed by atoms with Gasteiger partial charge in [0.05, 0.1) is 7.11 Å². The fourth-order valence-electron chi connectivity index (χ4n) is 1.58. The highest BCUT2D eigenvalue weighted by atomic mass is 16.7. The van der Waals surface area contributed by atoms with Crippen molar-refractivity contribution >= 4 is 11.8 Å². The Morgan fingerprint density at radius 3 is 2.71 bits per heavy atom. The van der Waals surface area contributed by atoms with Crippen LogP contribution in [0.5, 0.6) is 11.5 Å². The van der Waals surface area contributed by atoms with Crippen molar-refractivity contribution < 1.29 is 23.8 Å². The van der Waals surface area contributed by atoms with E-state index in [0.29, 0.717) is 17.1 Å². The highest BCUT2D eigenvalue weighted by molar-refractivity contribution is 6.08. The molecule has 17 heavy (non-hydrogen) atoms. The second-order valence-corrected chi connectivity index (χ2v) is 3.68. The third-order valence-electron chi connectivity index (χ3n) is 2.61. The molecule has 0 bridgehead atoms. The first kappa shape index (κ1) is 11.4. The van der Waals surface area contributed by atoms with Gasteiger partial charge in [-0.15, -0.1) is 0 Å². The Balaban J connectivity index is 2.23. The van der Waals surface area contributed by atoms with E-state index in [4.69, 9.17) is 9.47 Å². The molecule has 0 saturated carbocycles. The molecule has 1 aliphatic heterocycles. The molecule has 0 radical (unpaired) electrons. The van der Waals surface area contributed by atoms with E-state index in [1.807, 2.05) is 0 Å². The van der Waals surface area contributed by atoms with Gasteiger partial charge in [-0.05, 0) is 25.1 Å². The van der Waals surface area contributed by atoms with Crippen LogP contribution in [0.25, 0.3) is 0 Å². The number of esters is 1. The van der Waals surface area contributed by atoms with Gasteiger partial charge in [-0.1, -0.05) is 0 Å². The van der Waals surface area contributed by atoms with E-state index in [0.717, 1.165) is 0 Å². The predicted molar refractivity (Wildman–Crippen MR) is 58.1 cm³/mol. The maximum absolute atomic E-state index is 11.9. The third-order valence-corrected chi connectivity index (χ3v) is 2.61. The Morgan fingerprint density at radius 1 is 1.29 bits per heavy atom. The lowest BCUT2D eigenvalue weighted by atomic mass is 9.99. The van der Waals surface area contributed by atoms with E-state index in [9.17, 15) is 9.59 Å². The Labute approximate surface area is 98.3 Å². The second kappa shape index (κ2) is 4.45. The van der Waals surface area contributed by atoms with Crippen molar-refractivity contribution in [3.05, 3.63) is 23.8 Å². The maximum Gasteiger partial charge on any atom is 0.316 e. The number of ether oxygens (including phenoxy) is 3.